The molecule has 0 aliphatic heterocycles. The minimum absolute atomic E-state index is 0.0318. The Morgan fingerprint density at radius 1 is 1.41 bits per heavy atom. The van der Waals surface area contributed by atoms with E-state index in [0.717, 1.165) is 10.2 Å². The van der Waals surface area contributed by atoms with Crippen LogP contribution < -0.4 is 0 Å². The summed E-state index contributed by atoms with van der Waals surface area (Å²) in [5.74, 6) is 0.748. The highest BCUT2D eigenvalue weighted by Crippen LogP contribution is 2.40. The van der Waals surface area contributed by atoms with E-state index in [0.29, 0.717) is 12.8 Å². The van der Waals surface area contributed by atoms with Gasteiger partial charge in [-0.2, -0.15) is 0 Å². The second-order valence-electron chi connectivity index (χ2n) is 4.15. The number of rotatable bonds is 5. The maximum Gasteiger partial charge on any atom is 0.136 e. The van der Waals surface area contributed by atoms with E-state index in [9.17, 15) is 4.39 Å². The largest absolute Gasteiger partial charge is 0.491 e. The lowest BCUT2D eigenvalue weighted by atomic mass is 9.79. The van der Waals surface area contributed by atoms with Crippen LogP contribution in [0.5, 0.6) is 0 Å². The molecule has 0 aromatic heterocycles. The van der Waals surface area contributed by atoms with E-state index >= 15 is 0 Å². The number of hydrogen-bond donors (Lipinski definition) is 0. The molecule has 0 atom stereocenters. The first-order valence-corrected chi connectivity index (χ1v) is 6.46. The minimum atomic E-state index is -1.17. The Morgan fingerprint density at radius 2 is 2.06 bits per heavy atom. The van der Waals surface area contributed by atoms with Crippen LogP contribution in [0.3, 0.4) is 0 Å². The quantitative estimate of drug-likeness (QED) is 0.402. The molecule has 0 bridgehead atoms. The third-order valence-corrected chi connectivity index (χ3v) is 2.88. The van der Waals surface area contributed by atoms with Crippen LogP contribution in [0.2, 0.25) is 0 Å². The topological polar surface area (TPSA) is 9.23 Å². The molecule has 94 valence electrons. The Balaban J connectivity index is 2.44. The van der Waals surface area contributed by atoms with Gasteiger partial charge in [-0.25, -0.2) is 4.39 Å². The predicted molar refractivity (Wildman–Crippen MR) is 73.7 cm³/mol. The van der Waals surface area contributed by atoms with E-state index in [-0.39, 0.29) is 6.10 Å². The lowest BCUT2D eigenvalue weighted by molar-refractivity contribution is -0.0414. The first-order chi connectivity index (χ1) is 7.99. The number of halogens is 2. The van der Waals surface area contributed by atoms with Crippen molar-refractivity contribution in [3.63, 3.8) is 0 Å². The summed E-state index contributed by atoms with van der Waals surface area (Å²) in [6.45, 7) is 7.42. The zero-order valence-electron chi connectivity index (χ0n) is 10.2. The third-order valence-electron chi connectivity index (χ3n) is 2.62. The molecule has 17 heavy (non-hydrogen) atoms. The molecule has 0 heterocycles. The number of allylic oxidation sites excluding steroid dienone is 6. The van der Waals surface area contributed by atoms with Crippen molar-refractivity contribution in [2.75, 3.05) is 0 Å². The van der Waals surface area contributed by atoms with Gasteiger partial charge in [0.1, 0.15) is 17.5 Å². The fourth-order valence-electron chi connectivity index (χ4n) is 1.78. The van der Waals surface area contributed by atoms with E-state index in [1.807, 2.05) is 32.1 Å². The van der Waals surface area contributed by atoms with Crippen LogP contribution in [0, 0.1) is 0 Å². The Labute approximate surface area is 111 Å². The molecule has 1 nitrogen and oxygen atoms in total. The van der Waals surface area contributed by atoms with Gasteiger partial charge in [-0.1, -0.05) is 34.7 Å². The Morgan fingerprint density at radius 3 is 2.53 bits per heavy atom. The summed E-state index contributed by atoms with van der Waals surface area (Å²) in [7, 11) is 0. The first-order valence-electron chi connectivity index (χ1n) is 5.67. The zero-order chi connectivity index (χ0) is 12.9. The average Bonchev–Trinajstić information content (AvgIpc) is 2.21. The highest BCUT2D eigenvalue weighted by atomic mass is 79.9. The molecule has 0 radical (unpaired) electrons. The fourth-order valence-corrected chi connectivity index (χ4v) is 1.92. The average molecular weight is 301 g/mol. The Bertz CT molecular complexity index is 362. The molecule has 0 saturated heterocycles. The van der Waals surface area contributed by atoms with Crippen LogP contribution in [0.1, 0.15) is 26.7 Å². The van der Waals surface area contributed by atoms with Crippen LogP contribution in [0.15, 0.2) is 47.2 Å². The van der Waals surface area contributed by atoms with E-state index in [1.165, 1.54) is 0 Å². The van der Waals surface area contributed by atoms with Gasteiger partial charge in [0.2, 0.25) is 0 Å². The summed E-state index contributed by atoms with van der Waals surface area (Å²) in [6.07, 6.45) is 9.68. The third kappa shape index (κ3) is 4.50. The van der Waals surface area contributed by atoms with Gasteiger partial charge in [0.15, 0.2) is 0 Å². The summed E-state index contributed by atoms with van der Waals surface area (Å²) < 4.78 is 20.2. The molecule has 1 saturated carbocycles. The van der Waals surface area contributed by atoms with E-state index in [1.54, 1.807) is 12.2 Å². The van der Waals surface area contributed by atoms with Crippen LogP contribution in [0.25, 0.3) is 0 Å². The fraction of sp³-hybridized carbons (Fsp3) is 0.429. The second kappa shape index (κ2) is 6.20. The molecule has 0 aromatic rings. The van der Waals surface area contributed by atoms with Crippen molar-refractivity contribution in [1.82, 2.24) is 0 Å². The van der Waals surface area contributed by atoms with Crippen molar-refractivity contribution >= 4 is 15.9 Å². The number of hydrogen-bond acceptors (Lipinski definition) is 1. The maximum atomic E-state index is 13.8. The van der Waals surface area contributed by atoms with Gasteiger partial charge in [0.25, 0.3) is 0 Å². The molecule has 0 N–H and O–H groups in total. The summed E-state index contributed by atoms with van der Waals surface area (Å²) in [6, 6.07) is 0. The lowest BCUT2D eigenvalue weighted by Crippen LogP contribution is -2.43. The van der Waals surface area contributed by atoms with Crippen LogP contribution in [-0.2, 0) is 4.74 Å². The smallest absolute Gasteiger partial charge is 0.136 e. The van der Waals surface area contributed by atoms with Crippen molar-refractivity contribution in [2.45, 2.75) is 38.5 Å². The summed E-state index contributed by atoms with van der Waals surface area (Å²) in [5.41, 5.74) is -1.17. The maximum absolute atomic E-state index is 13.8. The monoisotopic (exact) mass is 300 g/mol. The SMILES string of the molecule is C=C(Br)/C=C\C(=C/C)OC1CC(F)(/C=C/C)C1. The van der Waals surface area contributed by atoms with Gasteiger partial charge in [-0.05, 0) is 32.1 Å². The molecule has 0 unspecified atom stereocenters. The second-order valence-corrected chi connectivity index (χ2v) is 5.17. The normalized spacial score (nSPS) is 29.6. The molecule has 0 spiro atoms. The van der Waals surface area contributed by atoms with Crippen molar-refractivity contribution in [1.29, 1.82) is 0 Å². The molecule has 1 fully saturated rings. The molecular formula is C14H18BrFO. The predicted octanol–water partition coefficient (Wildman–Crippen LogP) is 4.82. The van der Waals surface area contributed by atoms with Crippen molar-refractivity contribution in [2.24, 2.45) is 0 Å². The molecule has 3 heteroatoms. The van der Waals surface area contributed by atoms with Crippen molar-refractivity contribution < 1.29 is 9.13 Å². The summed E-state index contributed by atoms with van der Waals surface area (Å²) in [5, 5.41) is 0. The lowest BCUT2D eigenvalue weighted by Gasteiger charge is -2.39. The Kier molecular flexibility index (Phi) is 5.19. The zero-order valence-corrected chi connectivity index (χ0v) is 11.8. The van der Waals surface area contributed by atoms with E-state index in [2.05, 4.69) is 22.5 Å². The highest BCUT2D eigenvalue weighted by molar-refractivity contribution is 9.11. The van der Waals surface area contributed by atoms with E-state index in [4.69, 9.17) is 4.74 Å². The number of alkyl halides is 1. The van der Waals surface area contributed by atoms with Crippen LogP contribution in [-0.4, -0.2) is 11.8 Å². The van der Waals surface area contributed by atoms with E-state index < -0.39 is 5.67 Å². The van der Waals surface area contributed by atoms with Gasteiger partial charge in [-0.15, -0.1) is 0 Å². The molecule has 1 rings (SSSR count). The highest BCUT2D eigenvalue weighted by Gasteiger charge is 2.44. The van der Waals surface area contributed by atoms with Crippen LogP contribution >= 0.6 is 15.9 Å². The molecule has 1 aliphatic carbocycles. The summed E-state index contributed by atoms with van der Waals surface area (Å²) in [4.78, 5) is 0. The van der Waals surface area contributed by atoms with Gasteiger partial charge < -0.3 is 4.74 Å². The number of ether oxygens (including phenoxy) is 1. The Hall–Kier alpha value is -0.830. The van der Waals surface area contributed by atoms with Gasteiger partial charge in [0.05, 0.1) is 0 Å². The van der Waals surface area contributed by atoms with Gasteiger partial charge in [0, 0.05) is 17.3 Å². The van der Waals surface area contributed by atoms with Gasteiger partial charge >= 0.3 is 0 Å². The van der Waals surface area contributed by atoms with Gasteiger partial charge in [-0.3, -0.25) is 0 Å². The van der Waals surface area contributed by atoms with Crippen molar-refractivity contribution in [3.05, 3.63) is 47.2 Å². The summed E-state index contributed by atoms with van der Waals surface area (Å²) >= 11 is 3.23. The molecule has 0 aromatic carbocycles. The molecule has 1 aliphatic rings. The first kappa shape index (κ1) is 14.2. The van der Waals surface area contributed by atoms with Crippen molar-refractivity contribution in [3.8, 4) is 0 Å². The molecule has 0 amide bonds. The standard InChI is InChI=1S/C14H18BrFO/c1-4-8-14(16)9-13(10-14)17-12(5-2)7-6-11(3)15/h4-8,13H,3,9-10H2,1-2H3/b7-6-,8-4+,12-5+. The minimum Gasteiger partial charge on any atom is -0.491 e. The molecular weight excluding hydrogens is 283 g/mol. The van der Waals surface area contributed by atoms with Crippen LogP contribution in [0.4, 0.5) is 4.39 Å².